The number of morpholine rings is 1. The number of alkyl halides is 3. The highest BCUT2D eigenvalue weighted by Gasteiger charge is 2.33. The smallest absolute Gasteiger partial charge is 0.378 e. The van der Waals surface area contributed by atoms with Crippen LogP contribution in [0.15, 0.2) is 30.6 Å². The quantitative estimate of drug-likeness (QED) is 0.790. The Bertz CT molecular complexity index is 804. The van der Waals surface area contributed by atoms with Crippen molar-refractivity contribution in [3.05, 3.63) is 36.3 Å². The number of ether oxygens (including phenoxy) is 1. The van der Waals surface area contributed by atoms with Gasteiger partial charge in [0.15, 0.2) is 0 Å². The van der Waals surface area contributed by atoms with E-state index in [1.807, 2.05) is 11.0 Å². The number of piperazine rings is 1. The van der Waals surface area contributed by atoms with Gasteiger partial charge in [0.1, 0.15) is 29.5 Å². The number of anilines is 3. The van der Waals surface area contributed by atoms with Gasteiger partial charge in [-0.3, -0.25) is 0 Å². The second kappa shape index (κ2) is 7.78. The number of aromatic nitrogens is 3. The molecule has 2 aromatic rings. The van der Waals surface area contributed by atoms with Gasteiger partial charge in [0.2, 0.25) is 0 Å². The zero-order valence-corrected chi connectivity index (χ0v) is 15.3. The van der Waals surface area contributed by atoms with Crippen LogP contribution in [0.2, 0.25) is 0 Å². The van der Waals surface area contributed by atoms with Crippen LogP contribution in [-0.2, 0) is 10.9 Å². The average molecular weight is 394 g/mol. The van der Waals surface area contributed by atoms with Gasteiger partial charge >= 0.3 is 6.18 Å². The number of pyridine rings is 1. The first-order valence-corrected chi connectivity index (χ1v) is 9.19. The first-order valence-electron chi connectivity index (χ1n) is 9.19. The minimum absolute atomic E-state index is 0.353. The summed E-state index contributed by atoms with van der Waals surface area (Å²) in [6.45, 7) is 5.41. The lowest BCUT2D eigenvalue weighted by molar-refractivity contribution is -0.141. The van der Waals surface area contributed by atoms with E-state index in [1.165, 1.54) is 6.07 Å². The summed E-state index contributed by atoms with van der Waals surface area (Å²) in [7, 11) is 0. The molecule has 2 aliphatic rings. The Labute approximate surface area is 160 Å². The molecule has 10 heteroatoms. The molecule has 0 amide bonds. The lowest BCUT2D eigenvalue weighted by Gasteiger charge is -2.36. The molecule has 2 saturated heterocycles. The number of hydrogen-bond donors (Lipinski definition) is 0. The summed E-state index contributed by atoms with van der Waals surface area (Å²) in [5, 5.41) is 0. The van der Waals surface area contributed by atoms with E-state index < -0.39 is 11.9 Å². The molecule has 0 aliphatic carbocycles. The van der Waals surface area contributed by atoms with Crippen LogP contribution in [0.25, 0.3) is 0 Å². The summed E-state index contributed by atoms with van der Waals surface area (Å²) < 4.78 is 44.1. The molecule has 0 saturated carbocycles. The fourth-order valence-corrected chi connectivity index (χ4v) is 3.40. The van der Waals surface area contributed by atoms with Gasteiger partial charge < -0.3 is 19.4 Å². The van der Waals surface area contributed by atoms with Crippen LogP contribution in [-0.4, -0.2) is 67.4 Å². The van der Waals surface area contributed by atoms with Gasteiger partial charge in [-0.05, 0) is 12.1 Å². The summed E-state index contributed by atoms with van der Waals surface area (Å²) in [6, 6.07) is 5.97. The summed E-state index contributed by atoms with van der Waals surface area (Å²) in [5.74, 6) is 2.05. The Balaban J connectivity index is 1.42. The number of hydrogen-bond acceptors (Lipinski definition) is 7. The molecule has 0 N–H and O–H groups in total. The molecule has 150 valence electrons. The third-order valence-electron chi connectivity index (χ3n) is 4.93. The highest BCUT2D eigenvalue weighted by atomic mass is 19.4. The largest absolute Gasteiger partial charge is 0.433 e. The Morgan fingerprint density at radius 3 is 1.96 bits per heavy atom. The summed E-state index contributed by atoms with van der Waals surface area (Å²) in [5.41, 5.74) is -0.863. The number of halogens is 3. The maximum Gasteiger partial charge on any atom is 0.433 e. The first kappa shape index (κ1) is 18.7. The fourth-order valence-electron chi connectivity index (χ4n) is 3.40. The first-order chi connectivity index (χ1) is 13.5. The Hall–Kier alpha value is -2.62. The molecule has 4 heterocycles. The molecule has 2 aromatic heterocycles. The second-order valence-electron chi connectivity index (χ2n) is 6.69. The predicted molar refractivity (Wildman–Crippen MR) is 98.7 cm³/mol. The second-order valence-corrected chi connectivity index (χ2v) is 6.69. The molecule has 0 bridgehead atoms. The third kappa shape index (κ3) is 4.11. The maximum absolute atomic E-state index is 12.9. The van der Waals surface area contributed by atoms with Crippen LogP contribution in [0.5, 0.6) is 0 Å². The van der Waals surface area contributed by atoms with E-state index in [-0.39, 0.29) is 0 Å². The predicted octanol–water partition coefficient (Wildman–Crippen LogP) is 2.05. The van der Waals surface area contributed by atoms with E-state index >= 15 is 0 Å². The van der Waals surface area contributed by atoms with Crippen molar-refractivity contribution in [3.8, 4) is 0 Å². The lowest BCUT2D eigenvalue weighted by Crippen LogP contribution is -2.47. The molecule has 4 rings (SSSR count). The molecule has 0 spiro atoms. The Kier molecular flexibility index (Phi) is 5.21. The molecule has 0 atom stereocenters. The van der Waals surface area contributed by atoms with Crippen LogP contribution in [0.4, 0.5) is 30.6 Å². The topological polar surface area (TPSA) is 57.6 Å². The molecule has 2 aliphatic heterocycles. The van der Waals surface area contributed by atoms with E-state index in [2.05, 4.69) is 24.8 Å². The normalized spacial score (nSPS) is 18.5. The minimum atomic E-state index is -4.44. The van der Waals surface area contributed by atoms with E-state index in [9.17, 15) is 13.2 Å². The Morgan fingerprint density at radius 2 is 1.36 bits per heavy atom. The summed E-state index contributed by atoms with van der Waals surface area (Å²) >= 11 is 0. The van der Waals surface area contributed by atoms with Gasteiger partial charge in [0.25, 0.3) is 0 Å². The van der Waals surface area contributed by atoms with Crippen molar-refractivity contribution in [2.45, 2.75) is 6.18 Å². The van der Waals surface area contributed by atoms with Gasteiger partial charge in [-0.25, -0.2) is 15.0 Å². The van der Waals surface area contributed by atoms with E-state index in [4.69, 9.17) is 4.74 Å². The zero-order valence-electron chi connectivity index (χ0n) is 15.3. The minimum Gasteiger partial charge on any atom is -0.378 e. The van der Waals surface area contributed by atoms with Crippen molar-refractivity contribution in [1.82, 2.24) is 15.0 Å². The SMILES string of the molecule is FC(F)(F)c1cccc(N2CCN(c3cc(N4CCOCC4)ncn3)CC2)n1. The monoisotopic (exact) mass is 394 g/mol. The highest BCUT2D eigenvalue weighted by Crippen LogP contribution is 2.29. The van der Waals surface area contributed by atoms with Crippen LogP contribution in [0.1, 0.15) is 5.69 Å². The van der Waals surface area contributed by atoms with Crippen molar-refractivity contribution in [2.24, 2.45) is 0 Å². The molecule has 7 nitrogen and oxygen atoms in total. The van der Waals surface area contributed by atoms with E-state index in [0.29, 0.717) is 45.2 Å². The molecule has 28 heavy (non-hydrogen) atoms. The molecule has 2 fully saturated rings. The lowest BCUT2D eigenvalue weighted by atomic mass is 10.2. The van der Waals surface area contributed by atoms with Crippen LogP contribution >= 0.6 is 0 Å². The van der Waals surface area contributed by atoms with E-state index in [1.54, 1.807) is 12.4 Å². The molecular formula is C18H21F3N6O. The van der Waals surface area contributed by atoms with Crippen molar-refractivity contribution < 1.29 is 17.9 Å². The van der Waals surface area contributed by atoms with Crippen molar-refractivity contribution in [2.75, 3.05) is 67.2 Å². The summed E-state index contributed by atoms with van der Waals surface area (Å²) in [6.07, 6.45) is -2.88. The van der Waals surface area contributed by atoms with Crippen LogP contribution < -0.4 is 14.7 Å². The van der Waals surface area contributed by atoms with Gasteiger partial charge in [0.05, 0.1) is 13.2 Å². The van der Waals surface area contributed by atoms with Crippen molar-refractivity contribution in [3.63, 3.8) is 0 Å². The fraction of sp³-hybridized carbons (Fsp3) is 0.500. The van der Waals surface area contributed by atoms with E-state index in [0.717, 1.165) is 30.8 Å². The van der Waals surface area contributed by atoms with Crippen molar-refractivity contribution in [1.29, 1.82) is 0 Å². The highest BCUT2D eigenvalue weighted by molar-refractivity contribution is 5.52. The van der Waals surface area contributed by atoms with Gasteiger partial charge in [0, 0.05) is 45.3 Å². The zero-order chi connectivity index (χ0) is 19.6. The van der Waals surface area contributed by atoms with Gasteiger partial charge in [-0.2, -0.15) is 13.2 Å². The summed E-state index contributed by atoms with van der Waals surface area (Å²) in [4.78, 5) is 18.7. The standard InChI is InChI=1S/C18H21F3N6O/c19-18(20,21)14-2-1-3-15(24-14)25-4-6-26(7-5-25)16-12-17(23-13-22-16)27-8-10-28-11-9-27/h1-3,12-13H,4-11H2. The Morgan fingerprint density at radius 1 is 0.786 bits per heavy atom. The van der Waals surface area contributed by atoms with Crippen LogP contribution in [0.3, 0.4) is 0 Å². The van der Waals surface area contributed by atoms with Gasteiger partial charge in [-0.15, -0.1) is 0 Å². The maximum atomic E-state index is 12.9. The number of rotatable bonds is 3. The van der Waals surface area contributed by atoms with Crippen molar-refractivity contribution >= 4 is 17.5 Å². The number of nitrogens with zero attached hydrogens (tertiary/aromatic N) is 6. The molecule has 0 aromatic carbocycles. The van der Waals surface area contributed by atoms with Gasteiger partial charge in [-0.1, -0.05) is 6.07 Å². The van der Waals surface area contributed by atoms with Crippen LogP contribution in [0, 0.1) is 0 Å². The third-order valence-corrected chi connectivity index (χ3v) is 4.93. The molecular weight excluding hydrogens is 373 g/mol. The molecule has 0 radical (unpaired) electrons. The molecule has 0 unspecified atom stereocenters. The average Bonchev–Trinajstić information content (AvgIpc) is 2.74.